The topological polar surface area (TPSA) is 99.4 Å². The average molecular weight is 440 g/mol. The minimum atomic E-state index is -0.489. The van der Waals surface area contributed by atoms with Crippen molar-refractivity contribution in [3.05, 3.63) is 40.1 Å². The highest BCUT2D eigenvalue weighted by atomic mass is 16.3. The number of aromatic nitrogens is 4. The molecule has 0 amide bonds. The number of likely N-dealkylation sites (N-methyl/N-ethyl adjacent to an activating group) is 1. The van der Waals surface area contributed by atoms with E-state index < -0.39 is 6.10 Å². The Morgan fingerprint density at radius 2 is 2.03 bits per heavy atom. The van der Waals surface area contributed by atoms with E-state index in [1.807, 2.05) is 6.07 Å². The molecule has 1 aliphatic carbocycles. The van der Waals surface area contributed by atoms with Gasteiger partial charge in [0.1, 0.15) is 18.0 Å². The van der Waals surface area contributed by atoms with Gasteiger partial charge in [-0.05, 0) is 51.6 Å². The summed E-state index contributed by atoms with van der Waals surface area (Å²) in [6.45, 7) is 3.56. The molecule has 3 unspecified atom stereocenters. The number of hydrogen-bond donors (Lipinski definition) is 2. The predicted octanol–water partition coefficient (Wildman–Crippen LogP) is 1.58. The van der Waals surface area contributed by atoms with Crippen LogP contribution in [0.4, 0.5) is 11.6 Å². The van der Waals surface area contributed by atoms with E-state index in [0.29, 0.717) is 0 Å². The van der Waals surface area contributed by atoms with Crippen molar-refractivity contribution in [2.75, 3.05) is 36.9 Å². The van der Waals surface area contributed by atoms with E-state index in [1.165, 1.54) is 16.7 Å². The van der Waals surface area contributed by atoms with Crippen LogP contribution in [0.1, 0.15) is 55.8 Å². The first-order valence-corrected chi connectivity index (χ1v) is 11.9. The number of aliphatic hydroxyl groups excluding tert-OH is 1. The lowest BCUT2D eigenvalue weighted by Crippen LogP contribution is -2.45. The molecule has 0 spiro atoms. The lowest BCUT2D eigenvalue weighted by atomic mass is 10.0. The second-order valence-corrected chi connectivity index (χ2v) is 9.40. The number of anilines is 2. The van der Waals surface area contributed by atoms with Crippen LogP contribution in [0.25, 0.3) is 0 Å². The Morgan fingerprint density at radius 3 is 2.88 bits per heavy atom. The minimum Gasteiger partial charge on any atom is -0.391 e. The molecule has 9 heteroatoms. The summed E-state index contributed by atoms with van der Waals surface area (Å²) in [7, 11) is 2.13. The Morgan fingerprint density at radius 1 is 1.12 bits per heavy atom. The molecule has 1 saturated heterocycles. The Hall–Kier alpha value is -2.52. The van der Waals surface area contributed by atoms with Crippen LogP contribution in [-0.2, 0) is 13.0 Å². The maximum absolute atomic E-state index is 12.5. The highest BCUT2D eigenvalue weighted by Gasteiger charge is 2.30. The highest BCUT2D eigenvalue weighted by Crippen LogP contribution is 2.30. The normalized spacial score (nSPS) is 26.2. The molecule has 9 nitrogen and oxygen atoms in total. The number of rotatable bonds is 5. The van der Waals surface area contributed by atoms with Crippen LogP contribution in [0.2, 0.25) is 0 Å². The molecule has 1 saturated carbocycles. The van der Waals surface area contributed by atoms with Gasteiger partial charge in [0.2, 0.25) is 0 Å². The molecule has 2 aromatic heterocycles. The van der Waals surface area contributed by atoms with E-state index in [4.69, 9.17) is 5.10 Å². The molecule has 2 aliphatic heterocycles. The molecule has 2 fully saturated rings. The molecular formula is C23H33N7O2. The molecule has 0 aromatic carbocycles. The molecular weight excluding hydrogens is 406 g/mol. The van der Waals surface area contributed by atoms with Crippen LogP contribution in [0.5, 0.6) is 0 Å². The first-order chi connectivity index (χ1) is 15.6. The Balaban J connectivity index is 1.35. The summed E-state index contributed by atoms with van der Waals surface area (Å²) in [4.78, 5) is 26.1. The summed E-state index contributed by atoms with van der Waals surface area (Å²) in [5, 5.41) is 18.6. The van der Waals surface area contributed by atoms with Gasteiger partial charge in [-0.1, -0.05) is 0 Å². The third-order valence-corrected chi connectivity index (χ3v) is 7.19. The average Bonchev–Trinajstić information content (AvgIpc) is 3.24. The van der Waals surface area contributed by atoms with Gasteiger partial charge in [-0.2, -0.15) is 5.10 Å². The maximum atomic E-state index is 12.5. The minimum absolute atomic E-state index is 0.136. The SMILES string of the molecule is CN1CCc2ncnc(NCC3CCCCN3c3ccc(=O)n(C4CCCC4O)n3)c2C1. The molecule has 4 heterocycles. The van der Waals surface area contributed by atoms with Gasteiger partial charge >= 0.3 is 0 Å². The van der Waals surface area contributed by atoms with Crippen molar-refractivity contribution in [1.82, 2.24) is 24.6 Å². The third-order valence-electron chi connectivity index (χ3n) is 7.19. The van der Waals surface area contributed by atoms with Crippen molar-refractivity contribution in [3.63, 3.8) is 0 Å². The molecule has 32 heavy (non-hydrogen) atoms. The van der Waals surface area contributed by atoms with E-state index in [0.717, 1.165) is 82.0 Å². The van der Waals surface area contributed by atoms with Gasteiger partial charge in [0, 0.05) is 50.3 Å². The first kappa shape index (κ1) is 21.3. The number of piperidine rings is 1. The van der Waals surface area contributed by atoms with Crippen molar-refractivity contribution in [1.29, 1.82) is 0 Å². The summed E-state index contributed by atoms with van der Waals surface area (Å²) in [5.74, 6) is 1.75. The van der Waals surface area contributed by atoms with Crippen LogP contribution < -0.4 is 15.8 Å². The van der Waals surface area contributed by atoms with Gasteiger partial charge in [-0.25, -0.2) is 14.6 Å². The van der Waals surface area contributed by atoms with E-state index in [9.17, 15) is 9.90 Å². The number of nitrogens with one attached hydrogen (secondary N) is 1. The third kappa shape index (κ3) is 4.23. The van der Waals surface area contributed by atoms with Gasteiger partial charge in [0.15, 0.2) is 0 Å². The number of hydrogen-bond acceptors (Lipinski definition) is 8. The molecule has 2 N–H and O–H groups in total. The fourth-order valence-corrected chi connectivity index (χ4v) is 5.37. The summed E-state index contributed by atoms with van der Waals surface area (Å²) >= 11 is 0. The molecule has 3 atom stereocenters. The number of nitrogens with zero attached hydrogens (tertiary/aromatic N) is 6. The molecule has 3 aliphatic rings. The molecule has 0 bridgehead atoms. The predicted molar refractivity (Wildman–Crippen MR) is 123 cm³/mol. The zero-order valence-electron chi connectivity index (χ0n) is 18.8. The van der Waals surface area contributed by atoms with Gasteiger partial charge in [-0.15, -0.1) is 0 Å². The molecule has 0 radical (unpaired) electrons. The largest absolute Gasteiger partial charge is 0.391 e. The lowest BCUT2D eigenvalue weighted by molar-refractivity contribution is 0.127. The van der Waals surface area contributed by atoms with Crippen molar-refractivity contribution >= 4 is 11.6 Å². The Kier molecular flexibility index (Phi) is 6.10. The van der Waals surface area contributed by atoms with Crippen molar-refractivity contribution in [3.8, 4) is 0 Å². The van der Waals surface area contributed by atoms with Crippen LogP contribution in [0.3, 0.4) is 0 Å². The zero-order chi connectivity index (χ0) is 22.1. The zero-order valence-corrected chi connectivity index (χ0v) is 18.8. The van der Waals surface area contributed by atoms with Crippen LogP contribution in [0, 0.1) is 0 Å². The van der Waals surface area contributed by atoms with Gasteiger partial charge in [-0.3, -0.25) is 4.79 Å². The fourth-order valence-electron chi connectivity index (χ4n) is 5.37. The van der Waals surface area contributed by atoms with E-state index >= 15 is 0 Å². The number of aliphatic hydroxyl groups is 1. The molecule has 2 aromatic rings. The first-order valence-electron chi connectivity index (χ1n) is 11.9. The summed E-state index contributed by atoms with van der Waals surface area (Å²) < 4.78 is 1.52. The fraction of sp³-hybridized carbons (Fsp3) is 0.652. The standard InChI is InChI=1S/C23H33N7O2/c1-28-12-10-18-17(14-28)23(26-15-25-18)24-13-16-5-2-3-11-29(16)21-8-9-22(32)30(27-21)19-6-4-7-20(19)31/h8-9,15-16,19-20,31H,2-7,10-14H2,1H3,(H,24,25,26). The van der Waals surface area contributed by atoms with Gasteiger partial charge in [0.25, 0.3) is 5.56 Å². The van der Waals surface area contributed by atoms with Crippen molar-refractivity contribution in [2.24, 2.45) is 0 Å². The highest BCUT2D eigenvalue weighted by molar-refractivity contribution is 5.48. The Labute approximate surface area is 188 Å². The van der Waals surface area contributed by atoms with Gasteiger partial charge in [0.05, 0.1) is 17.8 Å². The second kappa shape index (κ2) is 9.15. The summed E-state index contributed by atoms with van der Waals surface area (Å²) in [6.07, 6.45) is 7.94. The van der Waals surface area contributed by atoms with Crippen LogP contribution in [-0.4, -0.2) is 68.6 Å². The van der Waals surface area contributed by atoms with E-state index in [-0.39, 0.29) is 17.6 Å². The van der Waals surface area contributed by atoms with Gasteiger partial charge < -0.3 is 20.2 Å². The maximum Gasteiger partial charge on any atom is 0.267 e. The smallest absolute Gasteiger partial charge is 0.267 e. The summed E-state index contributed by atoms with van der Waals surface area (Å²) in [5.41, 5.74) is 2.21. The van der Waals surface area contributed by atoms with Crippen LogP contribution in [0.15, 0.2) is 23.3 Å². The monoisotopic (exact) mass is 439 g/mol. The second-order valence-electron chi connectivity index (χ2n) is 9.40. The molecule has 5 rings (SSSR count). The van der Waals surface area contributed by atoms with E-state index in [2.05, 4.69) is 32.1 Å². The van der Waals surface area contributed by atoms with Crippen LogP contribution >= 0.6 is 0 Å². The number of fused-ring (bicyclic) bond motifs is 1. The van der Waals surface area contributed by atoms with Crippen molar-refractivity contribution in [2.45, 2.75) is 69.7 Å². The molecule has 172 valence electrons. The van der Waals surface area contributed by atoms with E-state index in [1.54, 1.807) is 12.4 Å². The lowest BCUT2D eigenvalue weighted by Gasteiger charge is -2.37. The quantitative estimate of drug-likeness (QED) is 0.725. The summed E-state index contributed by atoms with van der Waals surface area (Å²) in [6, 6.07) is 3.49. The Bertz CT molecular complexity index is 1010. The van der Waals surface area contributed by atoms with Crippen molar-refractivity contribution < 1.29 is 5.11 Å².